The molecule has 8 heteroatoms. The molecule has 6 nitrogen and oxygen atoms in total. The van der Waals surface area contributed by atoms with E-state index in [1.54, 1.807) is 41.1 Å². The quantitative estimate of drug-likeness (QED) is 0.395. The fourth-order valence-electron chi connectivity index (χ4n) is 2.94. The fraction of sp³-hybridized carbons (Fsp3) is 0.0870. The average Bonchev–Trinajstić information content (AvgIpc) is 3.22. The van der Waals surface area contributed by atoms with Crippen molar-refractivity contribution in [1.29, 1.82) is 0 Å². The number of carbonyl (C=O) groups is 1. The Morgan fingerprint density at radius 2 is 1.55 bits per heavy atom. The van der Waals surface area contributed by atoms with Gasteiger partial charge in [0, 0.05) is 21.3 Å². The lowest BCUT2D eigenvalue weighted by molar-refractivity contribution is 0.101. The molecule has 1 amide bonds. The Morgan fingerprint density at radius 1 is 0.935 bits per heavy atom. The maximum atomic E-state index is 12.8. The van der Waals surface area contributed by atoms with Gasteiger partial charge in [-0.2, -0.15) is 0 Å². The second-order valence-corrected chi connectivity index (χ2v) is 7.44. The number of rotatable bonds is 6. The summed E-state index contributed by atoms with van der Waals surface area (Å²) in [6.07, 6.45) is 0. The number of amides is 1. The highest BCUT2D eigenvalue weighted by atomic mass is 35.5. The predicted molar refractivity (Wildman–Crippen MR) is 122 cm³/mol. The maximum Gasteiger partial charge on any atom is 0.295 e. The first kappa shape index (κ1) is 20.9. The number of hydrogen-bond acceptors (Lipinski definition) is 4. The molecule has 0 aliphatic rings. The first-order valence-electron chi connectivity index (χ1n) is 9.56. The molecule has 0 fully saturated rings. The Bertz CT molecular complexity index is 1190. The highest BCUT2D eigenvalue weighted by Gasteiger charge is 2.19. The molecule has 0 aliphatic carbocycles. The predicted octanol–water partition coefficient (Wildman–Crippen LogP) is 5.89. The Morgan fingerprint density at radius 3 is 2.16 bits per heavy atom. The molecule has 0 unspecified atom stereocenters. The summed E-state index contributed by atoms with van der Waals surface area (Å²) in [6, 6.07) is 21.4. The summed E-state index contributed by atoms with van der Waals surface area (Å²) in [7, 11) is 0. The van der Waals surface area contributed by atoms with E-state index in [1.165, 1.54) is 0 Å². The van der Waals surface area contributed by atoms with E-state index in [0.717, 1.165) is 17.0 Å². The molecule has 0 saturated heterocycles. The Kier molecular flexibility index (Phi) is 6.21. The normalized spacial score (nSPS) is 10.7. The lowest BCUT2D eigenvalue weighted by Crippen LogP contribution is -2.14. The van der Waals surface area contributed by atoms with Gasteiger partial charge in [-0.15, -0.1) is 5.10 Å². The molecule has 3 aromatic carbocycles. The first-order valence-corrected chi connectivity index (χ1v) is 10.3. The number of nitrogens with zero attached hydrogens (tertiary/aromatic N) is 3. The van der Waals surface area contributed by atoms with Gasteiger partial charge in [-0.3, -0.25) is 4.79 Å². The van der Waals surface area contributed by atoms with Crippen LogP contribution in [0.25, 0.3) is 17.1 Å². The van der Waals surface area contributed by atoms with E-state index in [1.807, 2.05) is 43.3 Å². The van der Waals surface area contributed by atoms with Crippen LogP contribution in [0.1, 0.15) is 17.5 Å². The van der Waals surface area contributed by atoms with Crippen LogP contribution < -0.4 is 10.1 Å². The summed E-state index contributed by atoms with van der Waals surface area (Å²) in [5.41, 5.74) is 2.11. The van der Waals surface area contributed by atoms with Gasteiger partial charge in [-0.1, -0.05) is 23.2 Å². The molecule has 1 heterocycles. The summed E-state index contributed by atoms with van der Waals surface area (Å²) >= 11 is 11.9. The maximum absolute atomic E-state index is 12.8. The molecule has 1 aromatic heterocycles. The van der Waals surface area contributed by atoms with Crippen molar-refractivity contribution in [2.75, 3.05) is 11.9 Å². The van der Waals surface area contributed by atoms with Gasteiger partial charge in [0.2, 0.25) is 5.82 Å². The van der Waals surface area contributed by atoms with Crippen LogP contribution in [-0.2, 0) is 0 Å². The van der Waals surface area contributed by atoms with Crippen LogP contribution in [-0.4, -0.2) is 27.3 Å². The number of aromatic nitrogens is 3. The van der Waals surface area contributed by atoms with E-state index in [0.29, 0.717) is 28.2 Å². The fourth-order valence-corrected chi connectivity index (χ4v) is 3.20. The molecular formula is C23H18Cl2N4O2. The third-order valence-electron chi connectivity index (χ3n) is 4.41. The summed E-state index contributed by atoms with van der Waals surface area (Å²) < 4.78 is 7.13. The van der Waals surface area contributed by atoms with E-state index in [9.17, 15) is 4.79 Å². The van der Waals surface area contributed by atoms with Gasteiger partial charge in [-0.05, 0) is 79.7 Å². The molecule has 4 rings (SSSR count). The molecule has 31 heavy (non-hydrogen) atoms. The summed E-state index contributed by atoms with van der Waals surface area (Å²) in [4.78, 5) is 17.3. The monoisotopic (exact) mass is 452 g/mol. The molecule has 4 aromatic rings. The van der Waals surface area contributed by atoms with E-state index in [2.05, 4.69) is 15.4 Å². The molecule has 0 aliphatic heterocycles. The molecular weight excluding hydrogens is 435 g/mol. The number of hydrogen-bond donors (Lipinski definition) is 1. The van der Waals surface area contributed by atoms with E-state index < -0.39 is 5.91 Å². The van der Waals surface area contributed by atoms with Crippen LogP contribution >= 0.6 is 23.2 Å². The van der Waals surface area contributed by atoms with Crippen LogP contribution in [0.2, 0.25) is 10.0 Å². The molecule has 0 saturated carbocycles. The Balaban J connectivity index is 1.71. The lowest BCUT2D eigenvalue weighted by Gasteiger charge is -2.08. The van der Waals surface area contributed by atoms with Crippen molar-refractivity contribution < 1.29 is 9.53 Å². The third-order valence-corrected chi connectivity index (χ3v) is 4.91. The van der Waals surface area contributed by atoms with Crippen LogP contribution in [0, 0.1) is 0 Å². The first-order chi connectivity index (χ1) is 15.0. The highest BCUT2D eigenvalue weighted by molar-refractivity contribution is 6.31. The SMILES string of the molecule is CCOc1ccc(-n2nc(C(=O)Nc3ccc(Cl)cc3)nc2-c2ccc(Cl)cc2)cc1. The van der Waals surface area contributed by atoms with Crippen molar-refractivity contribution in [1.82, 2.24) is 14.8 Å². The van der Waals surface area contributed by atoms with Crippen LogP contribution in [0.5, 0.6) is 5.75 Å². The van der Waals surface area contributed by atoms with Gasteiger partial charge < -0.3 is 10.1 Å². The van der Waals surface area contributed by atoms with Crippen molar-refractivity contribution in [2.24, 2.45) is 0 Å². The smallest absolute Gasteiger partial charge is 0.295 e. The zero-order valence-corrected chi connectivity index (χ0v) is 18.1. The zero-order chi connectivity index (χ0) is 21.8. The topological polar surface area (TPSA) is 69.0 Å². The number of ether oxygens (including phenoxy) is 1. The molecule has 1 N–H and O–H groups in total. The van der Waals surface area contributed by atoms with Crippen LogP contribution in [0.4, 0.5) is 5.69 Å². The van der Waals surface area contributed by atoms with Crippen molar-refractivity contribution in [3.05, 3.63) is 88.7 Å². The van der Waals surface area contributed by atoms with E-state index in [-0.39, 0.29) is 5.82 Å². The second-order valence-electron chi connectivity index (χ2n) is 6.57. The van der Waals surface area contributed by atoms with Crippen LogP contribution in [0.3, 0.4) is 0 Å². The molecule has 0 spiro atoms. The standard InChI is InChI=1S/C23H18Cl2N4O2/c1-2-31-20-13-11-19(12-14-20)29-22(15-3-5-16(24)6-4-15)27-21(28-29)23(30)26-18-9-7-17(25)8-10-18/h3-14H,2H2,1H3,(H,26,30). The number of nitrogens with one attached hydrogen (secondary N) is 1. The van der Waals surface area contributed by atoms with Gasteiger partial charge in [-0.25, -0.2) is 9.67 Å². The van der Waals surface area contributed by atoms with E-state index in [4.69, 9.17) is 27.9 Å². The number of carbonyl (C=O) groups excluding carboxylic acids is 1. The van der Waals surface area contributed by atoms with Gasteiger partial charge in [0.15, 0.2) is 5.82 Å². The summed E-state index contributed by atoms with van der Waals surface area (Å²) in [5, 5.41) is 8.44. The number of halogens is 2. The lowest BCUT2D eigenvalue weighted by atomic mass is 10.2. The number of benzene rings is 3. The van der Waals surface area contributed by atoms with Gasteiger partial charge in [0.05, 0.1) is 12.3 Å². The van der Waals surface area contributed by atoms with Crippen molar-refractivity contribution in [3.8, 4) is 22.8 Å². The second kappa shape index (κ2) is 9.20. The minimum atomic E-state index is -0.428. The van der Waals surface area contributed by atoms with Crippen molar-refractivity contribution in [2.45, 2.75) is 6.92 Å². The Labute approximate surface area is 189 Å². The largest absolute Gasteiger partial charge is 0.494 e. The summed E-state index contributed by atoms with van der Waals surface area (Å²) in [6.45, 7) is 2.50. The van der Waals surface area contributed by atoms with Gasteiger partial charge in [0.1, 0.15) is 5.75 Å². The molecule has 156 valence electrons. The minimum absolute atomic E-state index is 0.0359. The molecule has 0 bridgehead atoms. The number of anilines is 1. The zero-order valence-electron chi connectivity index (χ0n) is 16.5. The average molecular weight is 453 g/mol. The van der Waals surface area contributed by atoms with Crippen LogP contribution in [0.15, 0.2) is 72.8 Å². The minimum Gasteiger partial charge on any atom is -0.494 e. The van der Waals surface area contributed by atoms with Gasteiger partial charge >= 0.3 is 0 Å². The third kappa shape index (κ3) is 4.87. The van der Waals surface area contributed by atoms with Crippen molar-refractivity contribution >= 4 is 34.8 Å². The summed E-state index contributed by atoms with van der Waals surface area (Å²) in [5.74, 6) is 0.873. The molecule has 0 atom stereocenters. The van der Waals surface area contributed by atoms with Gasteiger partial charge in [0.25, 0.3) is 5.91 Å². The molecule has 0 radical (unpaired) electrons. The highest BCUT2D eigenvalue weighted by Crippen LogP contribution is 2.25. The van der Waals surface area contributed by atoms with Crippen molar-refractivity contribution in [3.63, 3.8) is 0 Å². The van der Waals surface area contributed by atoms with E-state index >= 15 is 0 Å². The Hall–Kier alpha value is -3.35.